The van der Waals surface area contributed by atoms with Crippen LogP contribution in [0.25, 0.3) is 0 Å². The van der Waals surface area contributed by atoms with Crippen LogP contribution in [0.2, 0.25) is 0 Å². The molecule has 1 aromatic rings. The van der Waals surface area contributed by atoms with Crippen LogP contribution in [0.15, 0.2) is 0 Å². The molecule has 1 atom stereocenters. The first kappa shape index (κ1) is 13.6. The fraction of sp³-hybridized carbons (Fsp3) is 0.615. The molecule has 0 aromatic carbocycles. The minimum absolute atomic E-state index is 0.0481. The highest BCUT2D eigenvalue weighted by atomic mass is 16.2. The van der Waals surface area contributed by atoms with E-state index in [1.165, 1.54) is 0 Å². The average molecular weight is 263 g/mol. The number of piperazine rings is 1. The van der Waals surface area contributed by atoms with Gasteiger partial charge in [-0.25, -0.2) is 9.97 Å². The number of anilines is 2. The lowest BCUT2D eigenvalue weighted by molar-refractivity contribution is -0.122. The van der Waals surface area contributed by atoms with Crippen LogP contribution in [0, 0.1) is 13.8 Å². The van der Waals surface area contributed by atoms with Gasteiger partial charge in [0, 0.05) is 25.2 Å². The van der Waals surface area contributed by atoms with E-state index in [-0.39, 0.29) is 11.9 Å². The summed E-state index contributed by atoms with van der Waals surface area (Å²) < 4.78 is 0. The molecule has 0 radical (unpaired) electrons. The van der Waals surface area contributed by atoms with Crippen molar-refractivity contribution in [3.05, 3.63) is 11.4 Å². The quantitative estimate of drug-likeness (QED) is 0.846. The molecule has 1 saturated heterocycles. The summed E-state index contributed by atoms with van der Waals surface area (Å²) >= 11 is 0. The number of aromatic nitrogens is 2. The maximum Gasteiger partial charge on any atom is 0.242 e. The van der Waals surface area contributed by atoms with Crippen molar-refractivity contribution in [1.29, 1.82) is 0 Å². The largest absolute Gasteiger partial charge is 0.370 e. The van der Waals surface area contributed by atoms with E-state index >= 15 is 0 Å². The second-order valence-electron chi connectivity index (χ2n) is 4.76. The fourth-order valence-electron chi connectivity index (χ4n) is 2.30. The van der Waals surface area contributed by atoms with Crippen LogP contribution >= 0.6 is 0 Å². The number of hydrogen-bond acceptors (Lipinski definition) is 5. The predicted molar refractivity (Wildman–Crippen MR) is 75.5 cm³/mol. The molecule has 0 spiro atoms. The first-order valence-electron chi connectivity index (χ1n) is 6.68. The molecule has 2 rings (SSSR count). The van der Waals surface area contributed by atoms with E-state index in [1.807, 2.05) is 32.6 Å². The molecule has 2 heterocycles. The predicted octanol–water partition coefficient (Wildman–Crippen LogP) is 0.850. The number of nitrogens with zero attached hydrogens (tertiary/aromatic N) is 3. The molecule has 6 heteroatoms. The van der Waals surface area contributed by atoms with E-state index in [9.17, 15) is 4.79 Å². The molecule has 1 unspecified atom stereocenters. The van der Waals surface area contributed by atoms with Gasteiger partial charge in [-0.05, 0) is 27.7 Å². The van der Waals surface area contributed by atoms with Gasteiger partial charge < -0.3 is 15.5 Å². The van der Waals surface area contributed by atoms with Crippen LogP contribution in [0.5, 0.6) is 0 Å². The SMILES string of the molecule is CCNc1nc(C)nc(N2CCNC(=O)C2C)c1C. The first-order chi connectivity index (χ1) is 9.04. The summed E-state index contributed by atoms with van der Waals surface area (Å²) in [5.74, 6) is 2.47. The molecule has 1 amide bonds. The molecule has 1 aromatic heterocycles. The highest BCUT2D eigenvalue weighted by Gasteiger charge is 2.28. The Morgan fingerprint density at radius 2 is 2.16 bits per heavy atom. The molecule has 0 bridgehead atoms. The molecule has 2 N–H and O–H groups in total. The number of carbonyl (C=O) groups excluding carboxylic acids is 1. The van der Waals surface area contributed by atoms with Gasteiger partial charge in [-0.3, -0.25) is 4.79 Å². The van der Waals surface area contributed by atoms with Crippen molar-refractivity contribution in [2.75, 3.05) is 29.9 Å². The van der Waals surface area contributed by atoms with Crippen molar-refractivity contribution in [1.82, 2.24) is 15.3 Å². The standard InChI is InChI=1S/C13H21N5O/c1-5-14-11-8(2)12(17-10(4)16-11)18-7-6-15-13(19)9(18)3/h9H,5-7H2,1-4H3,(H,15,19)(H,14,16,17). The van der Waals surface area contributed by atoms with Gasteiger partial charge in [0.15, 0.2) is 0 Å². The number of rotatable bonds is 3. The third-order valence-corrected chi connectivity index (χ3v) is 3.35. The minimum atomic E-state index is -0.198. The van der Waals surface area contributed by atoms with Gasteiger partial charge in [-0.1, -0.05) is 0 Å². The third kappa shape index (κ3) is 2.62. The molecule has 19 heavy (non-hydrogen) atoms. The van der Waals surface area contributed by atoms with Crippen LogP contribution in [-0.4, -0.2) is 41.6 Å². The molecule has 0 aliphatic carbocycles. The zero-order valence-corrected chi connectivity index (χ0v) is 11.9. The van der Waals surface area contributed by atoms with Crippen molar-refractivity contribution in [2.45, 2.75) is 33.7 Å². The van der Waals surface area contributed by atoms with Crippen molar-refractivity contribution in [3.8, 4) is 0 Å². The van der Waals surface area contributed by atoms with Gasteiger partial charge in [0.2, 0.25) is 5.91 Å². The number of aryl methyl sites for hydroxylation is 1. The van der Waals surface area contributed by atoms with Crippen molar-refractivity contribution in [2.24, 2.45) is 0 Å². The zero-order valence-electron chi connectivity index (χ0n) is 11.9. The Hall–Kier alpha value is -1.85. The topological polar surface area (TPSA) is 70.2 Å². The van der Waals surface area contributed by atoms with Crippen molar-refractivity contribution >= 4 is 17.5 Å². The Kier molecular flexibility index (Phi) is 3.87. The summed E-state index contributed by atoms with van der Waals surface area (Å²) in [6.07, 6.45) is 0. The van der Waals surface area contributed by atoms with E-state index < -0.39 is 0 Å². The smallest absolute Gasteiger partial charge is 0.242 e. The third-order valence-electron chi connectivity index (χ3n) is 3.35. The number of amides is 1. The molecule has 0 saturated carbocycles. The lowest BCUT2D eigenvalue weighted by atomic mass is 10.1. The summed E-state index contributed by atoms with van der Waals surface area (Å²) in [7, 11) is 0. The van der Waals surface area contributed by atoms with Gasteiger partial charge in [-0.2, -0.15) is 0 Å². The second-order valence-corrected chi connectivity index (χ2v) is 4.76. The Balaban J connectivity index is 2.40. The van der Waals surface area contributed by atoms with Crippen LogP contribution in [0.4, 0.5) is 11.6 Å². The summed E-state index contributed by atoms with van der Waals surface area (Å²) in [6, 6.07) is -0.198. The maximum absolute atomic E-state index is 11.8. The molecule has 1 aliphatic rings. The minimum Gasteiger partial charge on any atom is -0.370 e. The Morgan fingerprint density at radius 3 is 2.84 bits per heavy atom. The van der Waals surface area contributed by atoms with Crippen LogP contribution < -0.4 is 15.5 Å². The molecule has 104 valence electrons. The van der Waals surface area contributed by atoms with E-state index in [2.05, 4.69) is 20.6 Å². The number of carbonyl (C=O) groups is 1. The normalized spacial score (nSPS) is 19.3. The summed E-state index contributed by atoms with van der Waals surface area (Å²) in [5.41, 5.74) is 0.994. The fourth-order valence-corrected chi connectivity index (χ4v) is 2.30. The Bertz CT molecular complexity index is 488. The van der Waals surface area contributed by atoms with Crippen LogP contribution in [0.3, 0.4) is 0 Å². The maximum atomic E-state index is 11.8. The molecule has 1 aliphatic heterocycles. The highest BCUT2D eigenvalue weighted by molar-refractivity contribution is 5.86. The Morgan fingerprint density at radius 1 is 1.42 bits per heavy atom. The average Bonchev–Trinajstić information content (AvgIpc) is 2.37. The summed E-state index contributed by atoms with van der Waals surface area (Å²) in [6.45, 7) is 10.0. The molecular formula is C13H21N5O. The Labute approximate surface area is 113 Å². The van der Waals surface area contributed by atoms with E-state index in [1.54, 1.807) is 0 Å². The van der Waals surface area contributed by atoms with Crippen molar-refractivity contribution < 1.29 is 4.79 Å². The number of hydrogen-bond donors (Lipinski definition) is 2. The van der Waals surface area contributed by atoms with Gasteiger partial charge >= 0.3 is 0 Å². The van der Waals surface area contributed by atoms with E-state index in [0.717, 1.165) is 36.1 Å². The van der Waals surface area contributed by atoms with E-state index in [4.69, 9.17) is 0 Å². The first-order valence-corrected chi connectivity index (χ1v) is 6.68. The van der Waals surface area contributed by atoms with Gasteiger partial charge in [-0.15, -0.1) is 0 Å². The van der Waals surface area contributed by atoms with Gasteiger partial charge in [0.25, 0.3) is 0 Å². The van der Waals surface area contributed by atoms with Gasteiger partial charge in [0.1, 0.15) is 23.5 Å². The molecule has 6 nitrogen and oxygen atoms in total. The lowest BCUT2D eigenvalue weighted by Gasteiger charge is -2.35. The summed E-state index contributed by atoms with van der Waals surface area (Å²) in [5, 5.41) is 6.11. The lowest BCUT2D eigenvalue weighted by Crippen LogP contribution is -2.54. The van der Waals surface area contributed by atoms with E-state index in [0.29, 0.717) is 6.54 Å². The monoisotopic (exact) mass is 263 g/mol. The molecule has 1 fully saturated rings. The second kappa shape index (κ2) is 5.42. The number of nitrogens with one attached hydrogen (secondary N) is 2. The summed E-state index contributed by atoms with van der Waals surface area (Å²) in [4.78, 5) is 22.7. The van der Waals surface area contributed by atoms with Crippen molar-refractivity contribution in [3.63, 3.8) is 0 Å². The van der Waals surface area contributed by atoms with Crippen LogP contribution in [-0.2, 0) is 4.79 Å². The highest BCUT2D eigenvalue weighted by Crippen LogP contribution is 2.25. The molecular weight excluding hydrogens is 242 g/mol. The van der Waals surface area contributed by atoms with Crippen LogP contribution in [0.1, 0.15) is 25.2 Å². The van der Waals surface area contributed by atoms with Gasteiger partial charge in [0.05, 0.1) is 0 Å². The zero-order chi connectivity index (χ0) is 14.0.